The van der Waals surface area contributed by atoms with Gasteiger partial charge in [-0.15, -0.1) is 0 Å². The molecule has 0 saturated carbocycles. The van der Waals surface area contributed by atoms with Crippen molar-refractivity contribution in [1.29, 1.82) is 0 Å². The summed E-state index contributed by atoms with van der Waals surface area (Å²) in [6.07, 6.45) is 1.22. The molecule has 2 nitrogen and oxygen atoms in total. The molecule has 0 fully saturated rings. The fraction of sp³-hybridized carbons (Fsp3) is 1.00. The molecule has 0 aromatic rings. The molecule has 0 heterocycles. The van der Waals surface area contributed by atoms with E-state index in [1.165, 1.54) is 6.42 Å². The molecule has 74 valence electrons. The van der Waals surface area contributed by atoms with Gasteiger partial charge in [-0.25, -0.2) is 0 Å². The lowest BCUT2D eigenvalue weighted by atomic mass is 9.98. The van der Waals surface area contributed by atoms with Crippen LogP contribution in [0.3, 0.4) is 0 Å². The molecule has 12 heavy (non-hydrogen) atoms. The van der Waals surface area contributed by atoms with E-state index in [9.17, 15) is 0 Å². The largest absolute Gasteiger partial charge is 0.329 e. The van der Waals surface area contributed by atoms with E-state index in [1.807, 2.05) is 0 Å². The molecule has 0 bridgehead atoms. The van der Waals surface area contributed by atoms with Crippen LogP contribution in [0.4, 0.5) is 0 Å². The number of rotatable bonds is 6. The highest BCUT2D eigenvalue weighted by Gasteiger charge is 2.18. The second-order valence-electron chi connectivity index (χ2n) is 3.41. The summed E-state index contributed by atoms with van der Waals surface area (Å²) in [5.74, 6) is 0.718. The summed E-state index contributed by atoms with van der Waals surface area (Å²) >= 11 is 0. The van der Waals surface area contributed by atoms with Crippen molar-refractivity contribution in [1.82, 2.24) is 4.90 Å². The Hall–Kier alpha value is -0.0800. The molecule has 0 aliphatic carbocycles. The lowest BCUT2D eigenvalue weighted by Gasteiger charge is -2.32. The molecule has 0 aromatic carbocycles. The Balaban J connectivity index is 4.09. The first-order chi connectivity index (χ1) is 5.71. The summed E-state index contributed by atoms with van der Waals surface area (Å²) in [6.45, 7) is 11.9. The van der Waals surface area contributed by atoms with Crippen LogP contribution in [0.2, 0.25) is 0 Å². The van der Waals surface area contributed by atoms with Crippen LogP contribution in [-0.4, -0.2) is 30.6 Å². The maximum absolute atomic E-state index is 5.76. The zero-order valence-corrected chi connectivity index (χ0v) is 9.01. The Morgan fingerprint density at radius 1 is 1.17 bits per heavy atom. The van der Waals surface area contributed by atoms with Crippen LogP contribution in [0.25, 0.3) is 0 Å². The molecule has 2 heteroatoms. The third-order valence-corrected chi connectivity index (χ3v) is 2.82. The van der Waals surface area contributed by atoms with Gasteiger partial charge in [0.2, 0.25) is 0 Å². The Morgan fingerprint density at radius 2 is 1.67 bits per heavy atom. The molecule has 0 saturated heterocycles. The molecule has 0 amide bonds. The number of hydrogen-bond donors (Lipinski definition) is 1. The van der Waals surface area contributed by atoms with Crippen molar-refractivity contribution in [2.45, 2.75) is 40.2 Å². The highest BCUT2D eigenvalue weighted by molar-refractivity contribution is 4.75. The molecule has 0 rings (SSSR count). The van der Waals surface area contributed by atoms with Gasteiger partial charge < -0.3 is 5.73 Å². The number of nitrogens with two attached hydrogens (primary N) is 1. The summed E-state index contributed by atoms with van der Waals surface area (Å²) in [7, 11) is 0. The highest BCUT2D eigenvalue weighted by atomic mass is 15.2. The first-order valence-electron chi connectivity index (χ1n) is 5.15. The van der Waals surface area contributed by atoms with E-state index < -0.39 is 0 Å². The van der Waals surface area contributed by atoms with Gasteiger partial charge in [0.05, 0.1) is 0 Å². The second-order valence-corrected chi connectivity index (χ2v) is 3.41. The van der Waals surface area contributed by atoms with E-state index >= 15 is 0 Å². The van der Waals surface area contributed by atoms with Gasteiger partial charge in [0.25, 0.3) is 0 Å². The van der Waals surface area contributed by atoms with Gasteiger partial charge >= 0.3 is 0 Å². The average Bonchev–Trinajstić information content (AvgIpc) is 2.12. The zero-order valence-electron chi connectivity index (χ0n) is 9.01. The van der Waals surface area contributed by atoms with Crippen LogP contribution in [0, 0.1) is 5.92 Å². The van der Waals surface area contributed by atoms with Crippen LogP contribution in [-0.2, 0) is 0 Å². The smallest absolute Gasteiger partial charge is 0.0243 e. The lowest BCUT2D eigenvalue weighted by molar-refractivity contribution is 0.165. The minimum Gasteiger partial charge on any atom is -0.329 e. The van der Waals surface area contributed by atoms with Crippen LogP contribution >= 0.6 is 0 Å². The molecule has 2 N–H and O–H groups in total. The predicted octanol–water partition coefficient (Wildman–Crippen LogP) is 1.70. The van der Waals surface area contributed by atoms with E-state index in [0.29, 0.717) is 6.04 Å². The van der Waals surface area contributed by atoms with Crippen molar-refractivity contribution in [3.63, 3.8) is 0 Å². The number of hydrogen-bond acceptors (Lipinski definition) is 2. The number of likely N-dealkylation sites (N-methyl/N-ethyl adjacent to an activating group) is 1. The van der Waals surface area contributed by atoms with Crippen molar-refractivity contribution in [3.05, 3.63) is 0 Å². The van der Waals surface area contributed by atoms with Gasteiger partial charge in [-0.05, 0) is 19.0 Å². The maximum atomic E-state index is 5.76. The maximum Gasteiger partial charge on any atom is 0.0243 e. The van der Waals surface area contributed by atoms with E-state index in [2.05, 4.69) is 32.6 Å². The normalized spacial score (nSPS) is 16.5. The molecule has 0 aliphatic heterocycles. The van der Waals surface area contributed by atoms with Gasteiger partial charge in [-0.2, -0.15) is 0 Å². The first-order valence-corrected chi connectivity index (χ1v) is 5.15. The van der Waals surface area contributed by atoms with Crippen LogP contribution in [0.1, 0.15) is 34.1 Å². The van der Waals surface area contributed by atoms with Crippen molar-refractivity contribution in [2.75, 3.05) is 19.6 Å². The van der Waals surface area contributed by atoms with Gasteiger partial charge in [0.1, 0.15) is 0 Å². The third-order valence-electron chi connectivity index (χ3n) is 2.82. The molecular formula is C10H24N2. The quantitative estimate of drug-likeness (QED) is 0.661. The fourth-order valence-corrected chi connectivity index (χ4v) is 1.71. The number of nitrogens with zero attached hydrogens (tertiary/aromatic N) is 1. The van der Waals surface area contributed by atoms with E-state index in [-0.39, 0.29) is 0 Å². The molecule has 0 spiro atoms. The average molecular weight is 172 g/mol. The first kappa shape index (κ1) is 11.9. The fourth-order valence-electron chi connectivity index (χ4n) is 1.71. The van der Waals surface area contributed by atoms with Crippen LogP contribution in [0.15, 0.2) is 0 Å². The van der Waals surface area contributed by atoms with Gasteiger partial charge in [0, 0.05) is 12.6 Å². The Morgan fingerprint density at radius 3 is 1.92 bits per heavy atom. The molecule has 0 aliphatic rings. The summed E-state index contributed by atoms with van der Waals surface area (Å²) in [5.41, 5.74) is 5.76. The topological polar surface area (TPSA) is 29.3 Å². The molecule has 2 atom stereocenters. The van der Waals surface area contributed by atoms with Gasteiger partial charge in [-0.1, -0.05) is 34.1 Å². The van der Waals surface area contributed by atoms with Crippen molar-refractivity contribution in [3.8, 4) is 0 Å². The van der Waals surface area contributed by atoms with E-state index in [4.69, 9.17) is 5.73 Å². The van der Waals surface area contributed by atoms with Crippen molar-refractivity contribution in [2.24, 2.45) is 11.7 Å². The van der Waals surface area contributed by atoms with Crippen molar-refractivity contribution >= 4 is 0 Å². The Kier molecular flexibility index (Phi) is 6.39. The third kappa shape index (κ3) is 3.11. The minimum atomic E-state index is 0.574. The zero-order chi connectivity index (χ0) is 9.56. The molecular weight excluding hydrogens is 148 g/mol. The SMILES string of the molecule is CCC(C)C(CN)N(CC)CC. The monoisotopic (exact) mass is 172 g/mol. The predicted molar refractivity (Wildman–Crippen MR) is 55.2 cm³/mol. The van der Waals surface area contributed by atoms with E-state index in [1.54, 1.807) is 0 Å². The second kappa shape index (κ2) is 6.44. The molecule has 0 aromatic heterocycles. The summed E-state index contributed by atoms with van der Waals surface area (Å²) < 4.78 is 0. The highest BCUT2D eigenvalue weighted by Crippen LogP contribution is 2.12. The van der Waals surface area contributed by atoms with Crippen molar-refractivity contribution < 1.29 is 0 Å². The van der Waals surface area contributed by atoms with E-state index in [0.717, 1.165) is 25.6 Å². The van der Waals surface area contributed by atoms with Gasteiger partial charge in [-0.3, -0.25) is 4.90 Å². The minimum absolute atomic E-state index is 0.574. The Labute approximate surface area is 77.1 Å². The van der Waals surface area contributed by atoms with Crippen LogP contribution in [0.5, 0.6) is 0 Å². The summed E-state index contributed by atoms with van der Waals surface area (Å²) in [6, 6.07) is 0.574. The van der Waals surface area contributed by atoms with Gasteiger partial charge in [0.15, 0.2) is 0 Å². The molecule has 0 radical (unpaired) electrons. The standard InChI is InChI=1S/C10H24N2/c1-5-9(4)10(8-11)12(6-2)7-3/h9-10H,5-8,11H2,1-4H3. The molecule has 2 unspecified atom stereocenters. The summed E-state index contributed by atoms with van der Waals surface area (Å²) in [5, 5.41) is 0. The lowest BCUT2D eigenvalue weighted by Crippen LogP contribution is -2.44. The summed E-state index contributed by atoms with van der Waals surface area (Å²) in [4.78, 5) is 2.45. The Bertz CT molecular complexity index is 100. The van der Waals surface area contributed by atoms with Crippen LogP contribution < -0.4 is 5.73 Å².